The summed E-state index contributed by atoms with van der Waals surface area (Å²) in [6.45, 7) is 0. The van der Waals surface area contributed by atoms with Gasteiger partial charge in [0.05, 0.1) is 14.2 Å². The van der Waals surface area contributed by atoms with Crippen molar-refractivity contribution in [3.8, 4) is 11.5 Å². The van der Waals surface area contributed by atoms with Crippen molar-refractivity contribution in [2.24, 2.45) is 0 Å². The Hall–Kier alpha value is -1.78. The molecule has 1 aromatic carbocycles. The maximum Gasteiger partial charge on any atom is 0.338 e. The molecule has 0 aliphatic carbocycles. The second-order valence-electron chi connectivity index (χ2n) is 3.16. The lowest BCUT2D eigenvalue weighted by Crippen LogP contribution is -2.17. The smallest absolute Gasteiger partial charge is 0.338 e. The van der Waals surface area contributed by atoms with Gasteiger partial charge in [-0.25, -0.2) is 9.18 Å². The largest absolute Gasteiger partial charge is 0.493 e. The first-order valence-electron chi connectivity index (χ1n) is 4.67. The second kappa shape index (κ2) is 5.34. The van der Waals surface area contributed by atoms with Gasteiger partial charge in [0.15, 0.2) is 11.5 Å². The van der Waals surface area contributed by atoms with E-state index in [1.807, 2.05) is 0 Å². The zero-order chi connectivity index (χ0) is 12.1. The van der Waals surface area contributed by atoms with E-state index in [1.165, 1.54) is 14.2 Å². The molecule has 0 aromatic heterocycles. The molecule has 0 heterocycles. The van der Waals surface area contributed by atoms with Gasteiger partial charge >= 0.3 is 5.97 Å². The van der Waals surface area contributed by atoms with Crippen LogP contribution in [0.2, 0.25) is 0 Å². The molecule has 1 unspecified atom stereocenters. The predicted molar refractivity (Wildman–Crippen MR) is 55.8 cm³/mol. The third-order valence-electron chi connectivity index (χ3n) is 2.15. The van der Waals surface area contributed by atoms with Crippen LogP contribution >= 0.6 is 0 Å². The summed E-state index contributed by atoms with van der Waals surface area (Å²) >= 11 is 0. The highest BCUT2D eigenvalue weighted by Crippen LogP contribution is 2.31. The summed E-state index contributed by atoms with van der Waals surface area (Å²) in [6.07, 6.45) is -2.18. The highest BCUT2D eigenvalue weighted by molar-refractivity contribution is 5.72. The number of carboxylic acids is 1. The van der Waals surface area contributed by atoms with Crippen LogP contribution in [0.15, 0.2) is 18.2 Å². The minimum Gasteiger partial charge on any atom is -0.493 e. The van der Waals surface area contributed by atoms with E-state index >= 15 is 0 Å². The summed E-state index contributed by atoms with van der Waals surface area (Å²) in [4.78, 5) is 10.4. The monoisotopic (exact) mass is 228 g/mol. The molecule has 1 N–H and O–H groups in total. The SMILES string of the molecule is COc1cccc(CC(F)C(=O)O)c1OC. The number of carbonyl (C=O) groups is 1. The molecular formula is C11H13FO4. The molecule has 16 heavy (non-hydrogen) atoms. The predicted octanol–water partition coefficient (Wildman–Crippen LogP) is 1.67. The average Bonchev–Trinajstić information content (AvgIpc) is 2.28. The lowest BCUT2D eigenvalue weighted by Gasteiger charge is -2.12. The van der Waals surface area contributed by atoms with Gasteiger partial charge in [-0.1, -0.05) is 12.1 Å². The number of hydrogen-bond donors (Lipinski definition) is 1. The Morgan fingerprint density at radius 2 is 2.12 bits per heavy atom. The summed E-state index contributed by atoms with van der Waals surface area (Å²) in [7, 11) is 2.89. The zero-order valence-corrected chi connectivity index (χ0v) is 9.07. The number of carboxylic acid groups (broad SMARTS) is 1. The summed E-state index contributed by atoms with van der Waals surface area (Å²) in [5.74, 6) is -0.656. The van der Waals surface area contributed by atoms with E-state index in [4.69, 9.17) is 14.6 Å². The van der Waals surface area contributed by atoms with Crippen LogP contribution in [0.4, 0.5) is 4.39 Å². The van der Waals surface area contributed by atoms with Crippen LogP contribution in [0.5, 0.6) is 11.5 Å². The number of rotatable bonds is 5. The maximum atomic E-state index is 13.1. The Labute approximate surface area is 92.6 Å². The molecule has 1 rings (SSSR count). The molecule has 88 valence electrons. The molecule has 4 nitrogen and oxygen atoms in total. The maximum absolute atomic E-state index is 13.1. The summed E-state index contributed by atoms with van der Waals surface area (Å²) in [6, 6.07) is 4.93. The van der Waals surface area contributed by atoms with Crippen LogP contribution in [0.3, 0.4) is 0 Å². The van der Waals surface area contributed by atoms with E-state index in [2.05, 4.69) is 0 Å². The Morgan fingerprint density at radius 1 is 1.44 bits per heavy atom. The number of alkyl halides is 1. The van der Waals surface area contributed by atoms with Crippen LogP contribution in [0.1, 0.15) is 5.56 Å². The van der Waals surface area contributed by atoms with Gasteiger partial charge in [0.25, 0.3) is 0 Å². The summed E-state index contributed by atoms with van der Waals surface area (Å²) < 4.78 is 23.2. The van der Waals surface area contributed by atoms with Crippen molar-refractivity contribution in [2.45, 2.75) is 12.6 Å². The Bertz CT molecular complexity index is 378. The van der Waals surface area contributed by atoms with E-state index < -0.39 is 12.1 Å². The second-order valence-corrected chi connectivity index (χ2v) is 3.16. The summed E-state index contributed by atoms with van der Waals surface area (Å²) in [5.41, 5.74) is 0.469. The van der Waals surface area contributed by atoms with E-state index in [9.17, 15) is 9.18 Å². The van der Waals surface area contributed by atoms with Crippen LogP contribution in [0, 0.1) is 0 Å². The van der Waals surface area contributed by atoms with Crippen molar-refractivity contribution in [2.75, 3.05) is 14.2 Å². The van der Waals surface area contributed by atoms with Crippen molar-refractivity contribution in [1.82, 2.24) is 0 Å². The minimum atomic E-state index is -1.94. The van der Waals surface area contributed by atoms with Crippen molar-refractivity contribution >= 4 is 5.97 Å². The fourth-order valence-corrected chi connectivity index (χ4v) is 1.39. The fraction of sp³-hybridized carbons (Fsp3) is 0.364. The number of para-hydroxylation sites is 1. The molecule has 0 amide bonds. The third-order valence-corrected chi connectivity index (χ3v) is 2.15. The third kappa shape index (κ3) is 2.62. The van der Waals surface area contributed by atoms with Gasteiger partial charge in [0.1, 0.15) is 0 Å². The molecule has 0 saturated heterocycles. The zero-order valence-electron chi connectivity index (χ0n) is 9.07. The van der Waals surface area contributed by atoms with E-state index in [0.717, 1.165) is 0 Å². The van der Waals surface area contributed by atoms with E-state index in [0.29, 0.717) is 17.1 Å². The number of halogens is 1. The average molecular weight is 228 g/mol. The number of aliphatic carboxylic acids is 1. The molecule has 0 spiro atoms. The Morgan fingerprint density at radius 3 is 2.62 bits per heavy atom. The highest BCUT2D eigenvalue weighted by atomic mass is 19.1. The molecule has 5 heteroatoms. The van der Waals surface area contributed by atoms with Crippen LogP contribution in [0.25, 0.3) is 0 Å². The van der Waals surface area contributed by atoms with Crippen molar-refractivity contribution in [3.63, 3.8) is 0 Å². The standard InChI is InChI=1S/C11H13FO4/c1-15-9-5-3-4-7(10(9)16-2)6-8(12)11(13)14/h3-5,8H,6H2,1-2H3,(H,13,14). The van der Waals surface area contributed by atoms with Crippen molar-refractivity contribution < 1.29 is 23.8 Å². The Balaban J connectivity index is 2.99. The molecule has 0 saturated carbocycles. The number of benzene rings is 1. The highest BCUT2D eigenvalue weighted by Gasteiger charge is 2.20. The fourth-order valence-electron chi connectivity index (χ4n) is 1.39. The topological polar surface area (TPSA) is 55.8 Å². The van der Waals surface area contributed by atoms with E-state index in [-0.39, 0.29) is 6.42 Å². The quantitative estimate of drug-likeness (QED) is 0.832. The first-order chi connectivity index (χ1) is 7.60. The van der Waals surface area contributed by atoms with Gasteiger partial charge in [-0.3, -0.25) is 0 Å². The Kier molecular flexibility index (Phi) is 4.10. The lowest BCUT2D eigenvalue weighted by atomic mass is 10.1. The van der Waals surface area contributed by atoms with E-state index in [1.54, 1.807) is 18.2 Å². The van der Waals surface area contributed by atoms with Gasteiger partial charge < -0.3 is 14.6 Å². The molecule has 1 atom stereocenters. The van der Waals surface area contributed by atoms with Crippen LogP contribution in [-0.4, -0.2) is 31.5 Å². The van der Waals surface area contributed by atoms with Crippen LogP contribution in [-0.2, 0) is 11.2 Å². The molecule has 0 fully saturated rings. The number of ether oxygens (including phenoxy) is 2. The molecule has 0 bridgehead atoms. The molecule has 1 aromatic rings. The van der Waals surface area contributed by atoms with Crippen LogP contribution < -0.4 is 9.47 Å². The van der Waals surface area contributed by atoms with Gasteiger partial charge in [-0.2, -0.15) is 0 Å². The molecule has 0 radical (unpaired) electrons. The van der Waals surface area contributed by atoms with Gasteiger partial charge in [0, 0.05) is 12.0 Å². The molecular weight excluding hydrogens is 215 g/mol. The molecule has 0 aliphatic rings. The van der Waals surface area contributed by atoms with Gasteiger partial charge in [-0.05, 0) is 6.07 Å². The van der Waals surface area contributed by atoms with Gasteiger partial charge in [0.2, 0.25) is 6.17 Å². The lowest BCUT2D eigenvalue weighted by molar-refractivity contribution is -0.142. The first kappa shape index (κ1) is 12.3. The minimum absolute atomic E-state index is 0.240. The normalized spacial score (nSPS) is 11.9. The first-order valence-corrected chi connectivity index (χ1v) is 4.67. The molecule has 0 aliphatic heterocycles. The number of methoxy groups -OCH3 is 2. The van der Waals surface area contributed by atoms with Crippen molar-refractivity contribution in [1.29, 1.82) is 0 Å². The summed E-state index contributed by atoms with van der Waals surface area (Å²) in [5, 5.41) is 8.49. The van der Waals surface area contributed by atoms with Gasteiger partial charge in [-0.15, -0.1) is 0 Å². The number of hydrogen-bond acceptors (Lipinski definition) is 3. The van der Waals surface area contributed by atoms with Crippen molar-refractivity contribution in [3.05, 3.63) is 23.8 Å².